The summed E-state index contributed by atoms with van der Waals surface area (Å²) >= 11 is 2.19. The zero-order chi connectivity index (χ0) is 12.1. The van der Waals surface area contributed by atoms with E-state index in [9.17, 15) is 0 Å². The van der Waals surface area contributed by atoms with Gasteiger partial charge in [0.15, 0.2) is 0 Å². The summed E-state index contributed by atoms with van der Waals surface area (Å²) in [5.74, 6) is 1.44. The third-order valence-corrected chi connectivity index (χ3v) is 2.95. The summed E-state index contributed by atoms with van der Waals surface area (Å²) in [7, 11) is 1.61. The maximum absolute atomic E-state index is 5.18. The van der Waals surface area contributed by atoms with Gasteiger partial charge in [-0.3, -0.25) is 0 Å². The fourth-order valence-electron chi connectivity index (χ4n) is 1.36. The molecule has 0 aliphatic rings. The monoisotopic (exact) mass is 342 g/mol. The number of anilines is 1. The molecule has 0 fully saturated rings. The van der Waals surface area contributed by atoms with Crippen molar-refractivity contribution in [2.24, 2.45) is 0 Å². The molecule has 2 aromatic rings. The molecule has 17 heavy (non-hydrogen) atoms. The molecule has 6 heteroatoms. The fraction of sp³-hybridized carbons (Fsp3) is 0.182. The lowest BCUT2D eigenvalue weighted by molar-refractivity contribution is 0.393. The number of nitrogens with zero attached hydrogens (tertiary/aromatic N) is 3. The van der Waals surface area contributed by atoms with E-state index in [0.29, 0.717) is 12.4 Å². The molecule has 0 unspecified atom stereocenters. The Morgan fingerprint density at radius 3 is 3.06 bits per heavy atom. The first-order valence-electron chi connectivity index (χ1n) is 4.98. The van der Waals surface area contributed by atoms with Crippen LogP contribution in [0.3, 0.4) is 0 Å². The van der Waals surface area contributed by atoms with E-state index in [1.54, 1.807) is 19.5 Å². The van der Waals surface area contributed by atoms with Gasteiger partial charge in [-0.2, -0.15) is 0 Å². The van der Waals surface area contributed by atoms with Crippen LogP contribution in [0.25, 0.3) is 0 Å². The van der Waals surface area contributed by atoms with E-state index in [2.05, 4.69) is 42.9 Å². The summed E-state index contributed by atoms with van der Waals surface area (Å²) in [6.45, 7) is 0.615. The van der Waals surface area contributed by atoms with Gasteiger partial charge in [-0.25, -0.2) is 15.0 Å². The van der Waals surface area contributed by atoms with Crippen molar-refractivity contribution in [1.82, 2.24) is 15.0 Å². The minimum atomic E-state index is 0.615. The van der Waals surface area contributed by atoms with Gasteiger partial charge in [0.2, 0.25) is 5.88 Å². The van der Waals surface area contributed by atoms with Gasteiger partial charge in [0.25, 0.3) is 0 Å². The molecular formula is C11H11IN4O. The van der Waals surface area contributed by atoms with E-state index < -0.39 is 0 Å². The second kappa shape index (κ2) is 5.76. The Morgan fingerprint density at radius 2 is 2.29 bits per heavy atom. The van der Waals surface area contributed by atoms with E-state index in [1.807, 2.05) is 12.1 Å². The molecule has 2 heterocycles. The summed E-state index contributed by atoms with van der Waals surface area (Å²) in [6.07, 6.45) is 4.98. The van der Waals surface area contributed by atoms with E-state index >= 15 is 0 Å². The second-order valence-corrected chi connectivity index (χ2v) is 4.41. The molecule has 0 spiro atoms. The van der Waals surface area contributed by atoms with Crippen molar-refractivity contribution in [3.63, 3.8) is 0 Å². The number of ether oxygens (including phenoxy) is 1. The lowest BCUT2D eigenvalue weighted by Crippen LogP contribution is -2.05. The maximum Gasteiger partial charge on any atom is 0.218 e. The molecule has 0 radical (unpaired) electrons. The first-order valence-corrected chi connectivity index (χ1v) is 6.06. The van der Waals surface area contributed by atoms with Crippen LogP contribution in [0, 0.1) is 3.57 Å². The van der Waals surface area contributed by atoms with Gasteiger partial charge >= 0.3 is 0 Å². The number of methoxy groups -OCH3 is 1. The lowest BCUT2D eigenvalue weighted by atomic mass is 10.2. The summed E-state index contributed by atoms with van der Waals surface area (Å²) < 4.78 is 6.16. The molecule has 0 saturated heterocycles. The van der Waals surface area contributed by atoms with Gasteiger partial charge in [0.05, 0.1) is 10.7 Å². The molecule has 0 amide bonds. The van der Waals surface area contributed by atoms with Crippen LogP contribution in [0.15, 0.2) is 30.9 Å². The number of hydrogen-bond donors (Lipinski definition) is 1. The quantitative estimate of drug-likeness (QED) is 0.863. The molecule has 0 aromatic carbocycles. The van der Waals surface area contributed by atoms with E-state index in [4.69, 9.17) is 4.74 Å². The molecule has 2 aromatic heterocycles. The zero-order valence-electron chi connectivity index (χ0n) is 9.22. The Hall–Kier alpha value is -1.44. The number of nitrogens with one attached hydrogen (secondary N) is 1. The van der Waals surface area contributed by atoms with E-state index in [-0.39, 0.29) is 0 Å². The highest BCUT2D eigenvalue weighted by molar-refractivity contribution is 14.1. The number of halogens is 1. The normalized spacial score (nSPS) is 10.0. The summed E-state index contributed by atoms with van der Waals surface area (Å²) in [4.78, 5) is 12.2. The van der Waals surface area contributed by atoms with Crippen LogP contribution in [0.1, 0.15) is 5.56 Å². The predicted octanol–water partition coefficient (Wildman–Crippen LogP) is 2.10. The smallest absolute Gasteiger partial charge is 0.218 e. The number of pyridine rings is 1. The molecule has 2 rings (SSSR count). The number of rotatable bonds is 4. The van der Waals surface area contributed by atoms with Gasteiger partial charge in [-0.05, 0) is 28.7 Å². The van der Waals surface area contributed by atoms with Crippen molar-refractivity contribution < 1.29 is 4.74 Å². The highest BCUT2D eigenvalue weighted by atomic mass is 127. The van der Waals surface area contributed by atoms with Crippen LogP contribution < -0.4 is 10.1 Å². The van der Waals surface area contributed by atoms with E-state index in [0.717, 1.165) is 15.0 Å². The molecule has 0 aliphatic heterocycles. The molecular weight excluding hydrogens is 331 g/mol. The van der Waals surface area contributed by atoms with Crippen LogP contribution >= 0.6 is 22.6 Å². The minimum absolute atomic E-state index is 0.615. The standard InChI is InChI=1S/C11H11IN4O/c1-17-11-8(3-2-4-14-11)5-15-10-9(12)6-13-7-16-10/h2-4,6-7H,5H2,1H3,(H,13,15,16). The second-order valence-electron chi connectivity index (χ2n) is 3.24. The number of aromatic nitrogens is 3. The Bertz CT molecular complexity index is 506. The van der Waals surface area contributed by atoms with Gasteiger partial charge in [-0.15, -0.1) is 0 Å². The Balaban J connectivity index is 2.10. The van der Waals surface area contributed by atoms with Gasteiger partial charge < -0.3 is 10.1 Å². The Morgan fingerprint density at radius 1 is 1.41 bits per heavy atom. The van der Waals surface area contributed by atoms with Gasteiger partial charge in [0, 0.05) is 24.5 Å². The van der Waals surface area contributed by atoms with Crippen LogP contribution in [-0.4, -0.2) is 22.1 Å². The van der Waals surface area contributed by atoms with Crippen LogP contribution in [-0.2, 0) is 6.54 Å². The predicted molar refractivity (Wildman–Crippen MR) is 72.9 cm³/mol. The van der Waals surface area contributed by atoms with Crippen LogP contribution in [0.5, 0.6) is 5.88 Å². The van der Waals surface area contributed by atoms with Crippen molar-refractivity contribution >= 4 is 28.4 Å². The SMILES string of the molecule is COc1ncccc1CNc1ncncc1I. The van der Waals surface area contributed by atoms with Crippen molar-refractivity contribution in [3.8, 4) is 5.88 Å². The van der Waals surface area contributed by atoms with Crippen molar-refractivity contribution in [2.45, 2.75) is 6.54 Å². The molecule has 0 saturated carbocycles. The third-order valence-electron chi connectivity index (χ3n) is 2.16. The number of hydrogen-bond acceptors (Lipinski definition) is 5. The first-order chi connectivity index (χ1) is 8.31. The third kappa shape index (κ3) is 3.02. The average molecular weight is 342 g/mol. The fourth-order valence-corrected chi connectivity index (χ4v) is 1.85. The van der Waals surface area contributed by atoms with Gasteiger partial charge in [-0.1, -0.05) is 6.07 Å². The molecule has 1 N–H and O–H groups in total. The summed E-state index contributed by atoms with van der Waals surface area (Å²) in [6, 6.07) is 3.84. The lowest BCUT2D eigenvalue weighted by Gasteiger charge is -2.09. The van der Waals surface area contributed by atoms with Gasteiger partial charge in [0.1, 0.15) is 12.1 Å². The van der Waals surface area contributed by atoms with Crippen molar-refractivity contribution in [2.75, 3.05) is 12.4 Å². The molecule has 0 aliphatic carbocycles. The summed E-state index contributed by atoms with van der Waals surface area (Å²) in [5.41, 5.74) is 0.990. The van der Waals surface area contributed by atoms with E-state index in [1.165, 1.54) is 6.33 Å². The average Bonchev–Trinajstić information content (AvgIpc) is 2.38. The Labute approximate surface area is 113 Å². The van der Waals surface area contributed by atoms with Crippen LogP contribution in [0.2, 0.25) is 0 Å². The van der Waals surface area contributed by atoms with Crippen molar-refractivity contribution in [3.05, 3.63) is 40.0 Å². The maximum atomic E-state index is 5.18. The molecule has 5 nitrogen and oxygen atoms in total. The van der Waals surface area contributed by atoms with Crippen molar-refractivity contribution in [1.29, 1.82) is 0 Å². The first kappa shape index (κ1) is 12.0. The Kier molecular flexibility index (Phi) is 4.08. The molecule has 88 valence electrons. The molecule has 0 bridgehead atoms. The minimum Gasteiger partial charge on any atom is -0.481 e. The topological polar surface area (TPSA) is 59.9 Å². The zero-order valence-corrected chi connectivity index (χ0v) is 11.4. The van der Waals surface area contributed by atoms with Crippen LogP contribution in [0.4, 0.5) is 5.82 Å². The highest BCUT2D eigenvalue weighted by Gasteiger charge is 2.05. The largest absolute Gasteiger partial charge is 0.481 e. The molecule has 0 atom stereocenters. The summed E-state index contributed by atoms with van der Waals surface area (Å²) in [5, 5.41) is 3.23. The highest BCUT2D eigenvalue weighted by Crippen LogP contribution is 2.17.